The Balaban J connectivity index is 2.07. The van der Waals surface area contributed by atoms with Crippen LogP contribution < -0.4 is 24.3 Å². The van der Waals surface area contributed by atoms with E-state index in [0.717, 1.165) is 23.5 Å². The zero-order chi connectivity index (χ0) is 18.2. The summed E-state index contributed by atoms with van der Waals surface area (Å²) in [5, 5.41) is 3.53. The van der Waals surface area contributed by atoms with Gasteiger partial charge in [0.15, 0.2) is 11.5 Å². The number of para-hydroxylation sites is 1. The predicted octanol–water partition coefficient (Wildman–Crippen LogP) is 3.44. The zero-order valence-corrected chi connectivity index (χ0v) is 15.6. The summed E-state index contributed by atoms with van der Waals surface area (Å²) in [6.45, 7) is 2.82. The molecule has 5 nitrogen and oxygen atoms in total. The van der Waals surface area contributed by atoms with Crippen molar-refractivity contribution in [3.05, 3.63) is 47.5 Å². The lowest BCUT2D eigenvalue weighted by atomic mass is 10.1. The van der Waals surface area contributed by atoms with Crippen LogP contribution in [0.15, 0.2) is 36.4 Å². The molecule has 1 atom stereocenters. The summed E-state index contributed by atoms with van der Waals surface area (Å²) in [5.74, 6) is 3.04. The number of rotatable bonds is 9. The summed E-state index contributed by atoms with van der Waals surface area (Å²) in [6, 6.07) is 12.2. The van der Waals surface area contributed by atoms with Gasteiger partial charge in [-0.05, 0) is 31.0 Å². The Morgan fingerprint density at radius 3 is 2.00 bits per heavy atom. The minimum absolute atomic E-state index is 0.272. The van der Waals surface area contributed by atoms with Crippen molar-refractivity contribution in [2.45, 2.75) is 25.9 Å². The SMILES string of the molecule is COc1cc(OC)c(OC)cc1CNC(C)Cc1ccccc1OC. The summed E-state index contributed by atoms with van der Waals surface area (Å²) in [5.41, 5.74) is 2.20. The minimum Gasteiger partial charge on any atom is -0.496 e. The van der Waals surface area contributed by atoms with Crippen LogP contribution in [0.5, 0.6) is 23.0 Å². The van der Waals surface area contributed by atoms with Crippen molar-refractivity contribution in [1.82, 2.24) is 5.32 Å². The quantitative estimate of drug-likeness (QED) is 0.754. The minimum atomic E-state index is 0.272. The monoisotopic (exact) mass is 345 g/mol. The Bertz CT molecular complexity index is 687. The van der Waals surface area contributed by atoms with Gasteiger partial charge in [0.05, 0.1) is 28.4 Å². The van der Waals surface area contributed by atoms with Crippen molar-refractivity contribution in [1.29, 1.82) is 0 Å². The van der Waals surface area contributed by atoms with Gasteiger partial charge in [-0.2, -0.15) is 0 Å². The first kappa shape index (κ1) is 18.9. The smallest absolute Gasteiger partial charge is 0.164 e. The highest BCUT2D eigenvalue weighted by Gasteiger charge is 2.13. The summed E-state index contributed by atoms with van der Waals surface area (Å²) in [6.07, 6.45) is 0.875. The molecule has 0 bridgehead atoms. The topological polar surface area (TPSA) is 49.0 Å². The highest BCUT2D eigenvalue weighted by molar-refractivity contribution is 5.50. The van der Waals surface area contributed by atoms with Gasteiger partial charge in [0, 0.05) is 24.2 Å². The van der Waals surface area contributed by atoms with E-state index in [1.165, 1.54) is 5.56 Å². The van der Waals surface area contributed by atoms with E-state index in [4.69, 9.17) is 18.9 Å². The fourth-order valence-electron chi connectivity index (χ4n) is 2.79. The number of methoxy groups -OCH3 is 4. The van der Waals surface area contributed by atoms with E-state index in [1.807, 2.05) is 30.3 Å². The van der Waals surface area contributed by atoms with E-state index in [1.54, 1.807) is 28.4 Å². The summed E-state index contributed by atoms with van der Waals surface area (Å²) >= 11 is 0. The van der Waals surface area contributed by atoms with Crippen molar-refractivity contribution in [2.75, 3.05) is 28.4 Å². The maximum atomic E-state index is 5.48. The number of ether oxygens (including phenoxy) is 4. The molecule has 2 aromatic carbocycles. The van der Waals surface area contributed by atoms with Crippen LogP contribution in [0.3, 0.4) is 0 Å². The van der Waals surface area contributed by atoms with Gasteiger partial charge >= 0.3 is 0 Å². The molecule has 0 aliphatic carbocycles. The average molecular weight is 345 g/mol. The molecule has 2 rings (SSSR count). The Labute approximate surface area is 149 Å². The van der Waals surface area contributed by atoms with Gasteiger partial charge < -0.3 is 24.3 Å². The third kappa shape index (κ3) is 4.79. The first-order chi connectivity index (χ1) is 12.1. The maximum Gasteiger partial charge on any atom is 0.164 e. The molecule has 0 aliphatic rings. The molecular formula is C20H27NO4. The molecule has 1 N–H and O–H groups in total. The fraction of sp³-hybridized carbons (Fsp3) is 0.400. The van der Waals surface area contributed by atoms with Gasteiger partial charge in [-0.25, -0.2) is 0 Å². The Morgan fingerprint density at radius 2 is 1.36 bits per heavy atom. The van der Waals surface area contributed by atoms with E-state index in [2.05, 4.69) is 18.3 Å². The van der Waals surface area contributed by atoms with Crippen LogP contribution in [0, 0.1) is 0 Å². The normalized spacial score (nSPS) is 11.7. The van der Waals surface area contributed by atoms with Gasteiger partial charge in [0.2, 0.25) is 0 Å². The van der Waals surface area contributed by atoms with Crippen LogP contribution in [0.25, 0.3) is 0 Å². The second-order valence-electron chi connectivity index (χ2n) is 5.82. The van der Waals surface area contributed by atoms with Crippen molar-refractivity contribution in [2.24, 2.45) is 0 Å². The largest absolute Gasteiger partial charge is 0.496 e. The standard InChI is InChI=1S/C20H27NO4/c1-14(10-15-8-6-7-9-17(15)22-2)21-13-16-11-19(24-4)20(25-5)12-18(16)23-3/h6-9,11-12,14,21H,10,13H2,1-5H3. The molecule has 0 aromatic heterocycles. The number of hydrogen-bond acceptors (Lipinski definition) is 5. The highest BCUT2D eigenvalue weighted by atomic mass is 16.5. The first-order valence-electron chi connectivity index (χ1n) is 8.27. The summed E-state index contributed by atoms with van der Waals surface area (Å²) in [4.78, 5) is 0. The molecule has 0 spiro atoms. The molecule has 136 valence electrons. The van der Waals surface area contributed by atoms with Crippen molar-refractivity contribution in [3.8, 4) is 23.0 Å². The van der Waals surface area contributed by atoms with Crippen LogP contribution in [0.1, 0.15) is 18.1 Å². The lowest BCUT2D eigenvalue weighted by Crippen LogP contribution is -2.28. The van der Waals surface area contributed by atoms with Gasteiger partial charge in [-0.3, -0.25) is 0 Å². The van der Waals surface area contributed by atoms with Crippen LogP contribution in [-0.4, -0.2) is 34.5 Å². The Kier molecular flexibility index (Phi) is 6.95. The Morgan fingerprint density at radius 1 is 0.760 bits per heavy atom. The van der Waals surface area contributed by atoms with Crippen molar-refractivity contribution >= 4 is 0 Å². The highest BCUT2D eigenvalue weighted by Crippen LogP contribution is 2.34. The van der Waals surface area contributed by atoms with Gasteiger partial charge in [-0.15, -0.1) is 0 Å². The van der Waals surface area contributed by atoms with E-state index < -0.39 is 0 Å². The number of nitrogens with one attached hydrogen (secondary N) is 1. The van der Waals surface area contributed by atoms with Crippen LogP contribution in [0.2, 0.25) is 0 Å². The van der Waals surface area contributed by atoms with Crippen LogP contribution in [0.4, 0.5) is 0 Å². The number of benzene rings is 2. The third-order valence-corrected chi connectivity index (χ3v) is 4.15. The molecule has 0 saturated carbocycles. The third-order valence-electron chi connectivity index (χ3n) is 4.15. The van der Waals surface area contributed by atoms with Gasteiger partial charge in [-0.1, -0.05) is 18.2 Å². The molecule has 5 heteroatoms. The molecule has 2 aromatic rings. The van der Waals surface area contributed by atoms with Gasteiger partial charge in [0.25, 0.3) is 0 Å². The van der Waals surface area contributed by atoms with Crippen molar-refractivity contribution in [3.63, 3.8) is 0 Å². The molecule has 25 heavy (non-hydrogen) atoms. The number of hydrogen-bond donors (Lipinski definition) is 1. The first-order valence-corrected chi connectivity index (χ1v) is 8.27. The summed E-state index contributed by atoms with van der Waals surface area (Å²) < 4.78 is 21.6. The van der Waals surface area contributed by atoms with E-state index in [0.29, 0.717) is 18.0 Å². The predicted molar refractivity (Wildman–Crippen MR) is 99.1 cm³/mol. The summed E-state index contributed by atoms with van der Waals surface area (Å²) in [7, 11) is 6.60. The Hall–Kier alpha value is -2.40. The lowest BCUT2D eigenvalue weighted by Gasteiger charge is -2.18. The van der Waals surface area contributed by atoms with E-state index in [-0.39, 0.29) is 6.04 Å². The molecular weight excluding hydrogens is 318 g/mol. The average Bonchev–Trinajstić information content (AvgIpc) is 2.65. The molecule has 0 heterocycles. The zero-order valence-electron chi connectivity index (χ0n) is 15.6. The molecule has 0 saturated heterocycles. The van der Waals surface area contributed by atoms with E-state index in [9.17, 15) is 0 Å². The molecule has 0 amide bonds. The fourth-order valence-corrected chi connectivity index (χ4v) is 2.79. The molecule has 0 radical (unpaired) electrons. The van der Waals surface area contributed by atoms with Crippen molar-refractivity contribution < 1.29 is 18.9 Å². The second-order valence-corrected chi connectivity index (χ2v) is 5.82. The van der Waals surface area contributed by atoms with Gasteiger partial charge in [0.1, 0.15) is 11.5 Å². The maximum absolute atomic E-state index is 5.48. The molecule has 1 unspecified atom stereocenters. The van der Waals surface area contributed by atoms with E-state index >= 15 is 0 Å². The molecule has 0 fully saturated rings. The lowest BCUT2D eigenvalue weighted by molar-refractivity contribution is 0.346. The second kappa shape index (κ2) is 9.18. The van der Waals surface area contributed by atoms with Crippen LogP contribution >= 0.6 is 0 Å². The molecule has 0 aliphatic heterocycles. The van der Waals surface area contributed by atoms with Crippen LogP contribution in [-0.2, 0) is 13.0 Å².